The SMILES string of the molecule is C=CCCOCCCC(O)C(/C=C/Sc1ccccc1)Sc1ccccc1. The Morgan fingerprint density at radius 2 is 1.63 bits per heavy atom. The van der Waals surface area contributed by atoms with Gasteiger partial charge in [0.25, 0.3) is 0 Å². The second-order valence-corrected chi connectivity index (χ2v) is 8.28. The largest absolute Gasteiger partial charge is 0.392 e. The van der Waals surface area contributed by atoms with Gasteiger partial charge in [-0.1, -0.05) is 60.3 Å². The molecule has 2 unspecified atom stereocenters. The molecule has 2 atom stereocenters. The van der Waals surface area contributed by atoms with Crippen molar-refractivity contribution in [1.29, 1.82) is 0 Å². The molecular formula is C23H28O2S2. The van der Waals surface area contributed by atoms with Crippen LogP contribution in [0.4, 0.5) is 0 Å². The summed E-state index contributed by atoms with van der Waals surface area (Å²) in [6.07, 6.45) is 6.00. The fourth-order valence-electron chi connectivity index (χ4n) is 2.42. The van der Waals surface area contributed by atoms with E-state index in [-0.39, 0.29) is 5.25 Å². The molecule has 0 radical (unpaired) electrons. The van der Waals surface area contributed by atoms with Crippen LogP contribution in [0.3, 0.4) is 0 Å². The van der Waals surface area contributed by atoms with Crippen LogP contribution in [-0.2, 0) is 4.74 Å². The lowest BCUT2D eigenvalue weighted by molar-refractivity contribution is 0.112. The van der Waals surface area contributed by atoms with Gasteiger partial charge in [-0.05, 0) is 48.9 Å². The predicted molar refractivity (Wildman–Crippen MR) is 118 cm³/mol. The van der Waals surface area contributed by atoms with Crippen molar-refractivity contribution >= 4 is 23.5 Å². The summed E-state index contributed by atoms with van der Waals surface area (Å²) in [6.45, 7) is 5.07. The third-order valence-corrected chi connectivity index (χ3v) is 5.99. The topological polar surface area (TPSA) is 29.5 Å². The number of thioether (sulfide) groups is 2. The van der Waals surface area contributed by atoms with Crippen LogP contribution >= 0.6 is 23.5 Å². The summed E-state index contributed by atoms with van der Waals surface area (Å²) < 4.78 is 5.55. The van der Waals surface area contributed by atoms with Crippen molar-refractivity contribution in [2.45, 2.75) is 40.4 Å². The summed E-state index contributed by atoms with van der Waals surface area (Å²) in [7, 11) is 0. The molecule has 0 fully saturated rings. The Bertz CT molecular complexity index is 659. The van der Waals surface area contributed by atoms with E-state index in [1.54, 1.807) is 23.5 Å². The van der Waals surface area contributed by atoms with E-state index in [1.807, 2.05) is 42.5 Å². The van der Waals surface area contributed by atoms with E-state index in [1.165, 1.54) is 4.90 Å². The third-order valence-electron chi connectivity index (χ3n) is 3.87. The molecule has 0 aliphatic carbocycles. The quantitative estimate of drug-likeness (QED) is 0.247. The third kappa shape index (κ3) is 9.34. The minimum absolute atomic E-state index is 0.0109. The summed E-state index contributed by atoms with van der Waals surface area (Å²) in [6, 6.07) is 20.5. The van der Waals surface area contributed by atoms with E-state index in [9.17, 15) is 5.11 Å². The molecule has 0 amide bonds. The van der Waals surface area contributed by atoms with Gasteiger partial charge in [0.15, 0.2) is 0 Å². The first-order valence-electron chi connectivity index (χ1n) is 9.26. The number of aliphatic hydroxyl groups is 1. The fourth-order valence-corrected chi connectivity index (χ4v) is 4.32. The summed E-state index contributed by atoms with van der Waals surface area (Å²) in [5.41, 5.74) is 0. The highest BCUT2D eigenvalue weighted by atomic mass is 32.2. The molecule has 4 heteroatoms. The zero-order valence-corrected chi connectivity index (χ0v) is 17.2. The molecule has 0 aromatic heterocycles. The van der Waals surface area contributed by atoms with Crippen LogP contribution < -0.4 is 0 Å². The average Bonchev–Trinajstić information content (AvgIpc) is 2.71. The van der Waals surface area contributed by atoms with Gasteiger partial charge in [-0.25, -0.2) is 0 Å². The summed E-state index contributed by atoms with van der Waals surface area (Å²) in [4.78, 5) is 2.36. The van der Waals surface area contributed by atoms with Gasteiger partial charge in [0.2, 0.25) is 0 Å². The van der Waals surface area contributed by atoms with E-state index in [2.05, 4.69) is 42.3 Å². The first-order chi connectivity index (χ1) is 13.3. The second kappa shape index (κ2) is 13.7. The number of rotatable bonds is 13. The smallest absolute Gasteiger partial charge is 0.0698 e. The van der Waals surface area contributed by atoms with Crippen molar-refractivity contribution in [3.05, 3.63) is 84.8 Å². The number of aliphatic hydroxyl groups excluding tert-OH is 1. The van der Waals surface area contributed by atoms with Crippen molar-refractivity contribution < 1.29 is 9.84 Å². The van der Waals surface area contributed by atoms with Crippen molar-refractivity contribution in [2.24, 2.45) is 0 Å². The Morgan fingerprint density at radius 3 is 2.30 bits per heavy atom. The van der Waals surface area contributed by atoms with Crippen LogP contribution in [0.25, 0.3) is 0 Å². The van der Waals surface area contributed by atoms with Crippen LogP contribution in [0.5, 0.6) is 0 Å². The zero-order valence-electron chi connectivity index (χ0n) is 15.6. The minimum atomic E-state index is -0.411. The van der Waals surface area contributed by atoms with Gasteiger partial charge in [0.05, 0.1) is 11.4 Å². The highest BCUT2D eigenvalue weighted by molar-refractivity contribution is 8.02. The number of ether oxygens (including phenoxy) is 1. The average molecular weight is 401 g/mol. The van der Waals surface area contributed by atoms with Crippen LogP contribution in [0, 0.1) is 0 Å². The molecular weight excluding hydrogens is 372 g/mol. The predicted octanol–water partition coefficient (Wildman–Crippen LogP) is 6.19. The van der Waals surface area contributed by atoms with E-state index in [0.717, 1.165) is 24.2 Å². The monoisotopic (exact) mass is 400 g/mol. The van der Waals surface area contributed by atoms with Crippen molar-refractivity contribution in [2.75, 3.05) is 13.2 Å². The van der Waals surface area contributed by atoms with Gasteiger partial charge < -0.3 is 9.84 Å². The molecule has 0 heterocycles. The Morgan fingerprint density at radius 1 is 0.963 bits per heavy atom. The molecule has 1 N–H and O–H groups in total. The molecule has 2 aromatic rings. The van der Waals surface area contributed by atoms with Gasteiger partial charge in [-0.3, -0.25) is 0 Å². The van der Waals surface area contributed by atoms with E-state index < -0.39 is 6.10 Å². The second-order valence-electron chi connectivity index (χ2n) is 6.05. The lowest BCUT2D eigenvalue weighted by atomic mass is 10.1. The van der Waals surface area contributed by atoms with E-state index in [4.69, 9.17) is 4.74 Å². The van der Waals surface area contributed by atoms with Crippen LogP contribution in [-0.4, -0.2) is 29.7 Å². The van der Waals surface area contributed by atoms with Crippen molar-refractivity contribution in [1.82, 2.24) is 0 Å². The Balaban J connectivity index is 1.88. The Kier molecular flexibility index (Phi) is 11.1. The van der Waals surface area contributed by atoms with Crippen LogP contribution in [0.2, 0.25) is 0 Å². The molecule has 0 aliphatic rings. The Labute approximate surface area is 171 Å². The number of hydrogen-bond donors (Lipinski definition) is 1. The first kappa shape index (κ1) is 21.8. The Hall–Kier alpha value is -1.46. The molecule has 0 spiro atoms. The van der Waals surface area contributed by atoms with E-state index in [0.29, 0.717) is 13.2 Å². The number of hydrogen-bond acceptors (Lipinski definition) is 4. The molecule has 2 rings (SSSR count). The molecule has 0 aliphatic heterocycles. The van der Waals surface area contributed by atoms with Gasteiger partial charge in [-0.15, -0.1) is 18.3 Å². The highest BCUT2D eigenvalue weighted by Crippen LogP contribution is 2.29. The first-order valence-corrected chi connectivity index (χ1v) is 11.0. The molecule has 0 saturated heterocycles. The molecule has 2 nitrogen and oxygen atoms in total. The molecule has 27 heavy (non-hydrogen) atoms. The minimum Gasteiger partial charge on any atom is -0.392 e. The lowest BCUT2D eigenvalue weighted by Gasteiger charge is -2.19. The normalized spacial score (nSPS) is 13.5. The zero-order chi connectivity index (χ0) is 19.2. The van der Waals surface area contributed by atoms with Crippen LogP contribution in [0.15, 0.2) is 94.6 Å². The maximum atomic E-state index is 10.7. The van der Waals surface area contributed by atoms with E-state index >= 15 is 0 Å². The standard InChI is InChI=1S/C23H28O2S2/c1-2-3-17-25-18-10-15-22(24)23(27-21-13-8-5-9-14-21)16-19-26-20-11-6-4-7-12-20/h2,4-9,11-14,16,19,22-24H,1,3,10,15,17-18H2/b19-16+. The molecule has 2 aromatic carbocycles. The van der Waals surface area contributed by atoms with Crippen LogP contribution in [0.1, 0.15) is 19.3 Å². The fraction of sp³-hybridized carbons (Fsp3) is 0.304. The van der Waals surface area contributed by atoms with Crippen molar-refractivity contribution in [3.63, 3.8) is 0 Å². The molecule has 144 valence electrons. The van der Waals surface area contributed by atoms with Gasteiger partial charge in [0, 0.05) is 23.0 Å². The maximum absolute atomic E-state index is 10.7. The van der Waals surface area contributed by atoms with Crippen molar-refractivity contribution in [3.8, 4) is 0 Å². The summed E-state index contributed by atoms with van der Waals surface area (Å²) in [5.74, 6) is 0. The lowest BCUT2D eigenvalue weighted by Crippen LogP contribution is -2.21. The maximum Gasteiger partial charge on any atom is 0.0698 e. The highest BCUT2D eigenvalue weighted by Gasteiger charge is 2.17. The number of benzene rings is 2. The van der Waals surface area contributed by atoms with Gasteiger partial charge >= 0.3 is 0 Å². The summed E-state index contributed by atoms with van der Waals surface area (Å²) in [5, 5.41) is 12.8. The van der Waals surface area contributed by atoms with Gasteiger partial charge in [-0.2, -0.15) is 0 Å². The molecule has 0 bridgehead atoms. The molecule has 0 saturated carbocycles. The van der Waals surface area contributed by atoms with Gasteiger partial charge in [0.1, 0.15) is 0 Å². The summed E-state index contributed by atoms with van der Waals surface area (Å²) >= 11 is 3.37.